The molecule has 1 unspecified atom stereocenters. The number of phosphoric ester groups is 1. The molecule has 3 heterocycles. The van der Waals surface area contributed by atoms with Crippen molar-refractivity contribution in [1.82, 2.24) is 14.5 Å². The minimum Gasteiger partial charge on any atom is -0.504 e. The summed E-state index contributed by atoms with van der Waals surface area (Å²) in [6.07, 6.45) is 1.37. The van der Waals surface area contributed by atoms with Gasteiger partial charge in [0, 0.05) is 11.8 Å². The largest absolute Gasteiger partial charge is 0.504 e. The van der Waals surface area contributed by atoms with E-state index in [4.69, 9.17) is 25.0 Å². The molecule has 2 aromatic rings. The SMILES string of the molecule is COC=Cc1cn([C@@H]2O[C@H](COP(=O)(O)OP(=O)(O)O)[C@@H](O)[C@@]2(C)O)c2ncnc(N)c12. The second-order valence-electron chi connectivity index (χ2n) is 7.02. The average Bonchev–Trinajstić information content (AvgIpc) is 3.13. The molecule has 1 aliphatic rings. The Morgan fingerprint density at radius 1 is 1.34 bits per heavy atom. The number of ether oxygens (including phenoxy) is 2. The van der Waals surface area contributed by atoms with Crippen molar-refractivity contribution in [3.8, 4) is 0 Å². The fourth-order valence-corrected chi connectivity index (χ4v) is 4.89. The van der Waals surface area contributed by atoms with Gasteiger partial charge in [0.1, 0.15) is 35.6 Å². The molecule has 0 aliphatic carbocycles. The lowest BCUT2D eigenvalue weighted by molar-refractivity contribution is -0.0947. The zero-order valence-corrected chi connectivity index (χ0v) is 18.5. The molecule has 1 aliphatic heterocycles. The van der Waals surface area contributed by atoms with Gasteiger partial charge < -0.3 is 44.7 Å². The first-order valence-electron chi connectivity index (χ1n) is 8.87. The first-order chi connectivity index (χ1) is 14.8. The zero-order chi connectivity index (χ0) is 23.9. The molecule has 5 atom stereocenters. The minimum atomic E-state index is -5.33. The Labute approximate surface area is 180 Å². The van der Waals surface area contributed by atoms with Gasteiger partial charge in [-0.15, -0.1) is 0 Å². The van der Waals surface area contributed by atoms with Crippen molar-refractivity contribution in [3.63, 3.8) is 0 Å². The van der Waals surface area contributed by atoms with Gasteiger partial charge in [0.25, 0.3) is 0 Å². The quantitative estimate of drug-likeness (QED) is 0.207. The van der Waals surface area contributed by atoms with Gasteiger partial charge in [-0.2, -0.15) is 4.31 Å². The van der Waals surface area contributed by atoms with E-state index < -0.39 is 46.3 Å². The molecule has 7 N–H and O–H groups in total. The summed E-state index contributed by atoms with van der Waals surface area (Å²) in [5.41, 5.74) is 4.78. The Kier molecular flexibility index (Phi) is 6.80. The van der Waals surface area contributed by atoms with E-state index in [0.717, 1.165) is 0 Å². The van der Waals surface area contributed by atoms with Gasteiger partial charge in [-0.25, -0.2) is 19.1 Å². The molecule has 0 aromatic carbocycles. The molecule has 178 valence electrons. The van der Waals surface area contributed by atoms with Crippen LogP contribution in [0.15, 0.2) is 18.8 Å². The maximum Gasteiger partial charge on any atom is 0.481 e. The molecule has 17 heteroatoms. The van der Waals surface area contributed by atoms with E-state index in [1.165, 1.54) is 37.4 Å². The number of hydrogen-bond acceptors (Lipinski definition) is 11. The van der Waals surface area contributed by atoms with Gasteiger partial charge in [-0.1, -0.05) is 0 Å². The molecule has 32 heavy (non-hydrogen) atoms. The number of aromatic nitrogens is 3. The van der Waals surface area contributed by atoms with E-state index in [1.807, 2.05) is 0 Å². The molecular formula is C15H22N4O11P2. The lowest BCUT2D eigenvalue weighted by Gasteiger charge is -2.27. The Bertz CT molecular complexity index is 1110. The number of aliphatic hydroxyl groups is 2. The Hall–Kier alpha value is -1.90. The van der Waals surface area contributed by atoms with Crippen LogP contribution in [0, 0.1) is 0 Å². The number of phosphoric acid groups is 2. The molecule has 0 saturated carbocycles. The Morgan fingerprint density at radius 3 is 2.66 bits per heavy atom. The summed E-state index contributed by atoms with van der Waals surface area (Å²) in [7, 11) is -9.07. The van der Waals surface area contributed by atoms with Crippen LogP contribution in [0.1, 0.15) is 18.7 Å². The standard InChI is InChI=1S/C15H22N4O11P2/c1-15(21)11(20)9(6-28-32(25,26)30-31(22,23)24)29-14(15)19-5-8(3-4-27-2)10-12(16)17-7-18-13(10)19/h3-5,7,9,11,14,20-21H,6H2,1-2H3,(H,25,26)(H2,16,17,18)(H2,22,23,24)/t9-,11-,14-,15-/m1/s1. The van der Waals surface area contributed by atoms with E-state index in [2.05, 4.69) is 18.8 Å². The maximum absolute atomic E-state index is 11.7. The molecule has 0 bridgehead atoms. The molecule has 3 rings (SSSR count). The van der Waals surface area contributed by atoms with Gasteiger partial charge >= 0.3 is 15.6 Å². The van der Waals surface area contributed by atoms with Crippen LogP contribution in [0.25, 0.3) is 17.1 Å². The van der Waals surface area contributed by atoms with Gasteiger partial charge in [0.15, 0.2) is 6.23 Å². The van der Waals surface area contributed by atoms with Gasteiger partial charge in [0.2, 0.25) is 0 Å². The molecule has 0 radical (unpaired) electrons. The van der Waals surface area contributed by atoms with Crippen LogP contribution >= 0.6 is 15.6 Å². The van der Waals surface area contributed by atoms with Crippen LogP contribution in [-0.2, 0) is 27.4 Å². The van der Waals surface area contributed by atoms with Crippen molar-refractivity contribution in [2.24, 2.45) is 0 Å². The van der Waals surface area contributed by atoms with Crippen molar-refractivity contribution in [3.05, 3.63) is 24.3 Å². The average molecular weight is 496 g/mol. The predicted octanol–water partition coefficient (Wildman–Crippen LogP) is -0.134. The molecular weight excluding hydrogens is 474 g/mol. The van der Waals surface area contributed by atoms with E-state index in [9.17, 15) is 24.2 Å². The van der Waals surface area contributed by atoms with Crippen LogP contribution in [0.2, 0.25) is 0 Å². The number of nitrogen functional groups attached to an aromatic ring is 1. The minimum absolute atomic E-state index is 0.137. The van der Waals surface area contributed by atoms with Crippen LogP contribution in [-0.4, -0.2) is 71.0 Å². The molecule has 2 aromatic heterocycles. The number of methoxy groups -OCH3 is 1. The summed E-state index contributed by atoms with van der Waals surface area (Å²) >= 11 is 0. The smallest absolute Gasteiger partial charge is 0.481 e. The first-order valence-corrected chi connectivity index (χ1v) is 11.9. The number of rotatable bonds is 8. The topological polar surface area (TPSA) is 229 Å². The summed E-state index contributed by atoms with van der Waals surface area (Å²) in [4.78, 5) is 34.9. The number of nitrogens with zero attached hydrogens (tertiary/aromatic N) is 3. The molecule has 0 amide bonds. The molecule has 0 spiro atoms. The van der Waals surface area contributed by atoms with Crippen LogP contribution < -0.4 is 5.73 Å². The summed E-state index contributed by atoms with van der Waals surface area (Å²) in [5, 5.41) is 21.9. The lowest BCUT2D eigenvalue weighted by Crippen LogP contribution is -2.44. The second-order valence-corrected chi connectivity index (χ2v) is 9.85. The van der Waals surface area contributed by atoms with Crippen LogP contribution in [0.3, 0.4) is 0 Å². The second kappa shape index (κ2) is 8.80. The van der Waals surface area contributed by atoms with Crippen LogP contribution in [0.4, 0.5) is 5.82 Å². The van der Waals surface area contributed by atoms with Crippen molar-refractivity contribution in [1.29, 1.82) is 0 Å². The number of aliphatic hydroxyl groups excluding tert-OH is 1. The third kappa shape index (κ3) is 5.02. The van der Waals surface area contributed by atoms with E-state index in [-0.39, 0.29) is 11.5 Å². The summed E-state index contributed by atoms with van der Waals surface area (Å²) in [6, 6.07) is 0. The lowest BCUT2D eigenvalue weighted by atomic mass is 9.96. The molecule has 15 nitrogen and oxygen atoms in total. The zero-order valence-electron chi connectivity index (χ0n) is 16.7. The van der Waals surface area contributed by atoms with Gasteiger partial charge in [0.05, 0.1) is 25.4 Å². The maximum atomic E-state index is 11.7. The number of nitrogens with two attached hydrogens (primary N) is 1. The number of fused-ring (bicyclic) bond motifs is 1. The monoisotopic (exact) mass is 496 g/mol. The third-order valence-corrected chi connectivity index (χ3v) is 6.82. The first kappa shape index (κ1) is 24.7. The summed E-state index contributed by atoms with van der Waals surface area (Å²) in [5.74, 6) is 0.137. The highest BCUT2D eigenvalue weighted by Gasteiger charge is 2.54. The van der Waals surface area contributed by atoms with E-state index >= 15 is 0 Å². The highest BCUT2D eigenvalue weighted by molar-refractivity contribution is 7.60. The summed E-state index contributed by atoms with van der Waals surface area (Å²) in [6.45, 7) is 0.419. The highest BCUT2D eigenvalue weighted by Crippen LogP contribution is 2.58. The van der Waals surface area contributed by atoms with Gasteiger partial charge in [-0.3, -0.25) is 4.52 Å². The Morgan fingerprint density at radius 2 is 2.03 bits per heavy atom. The Balaban J connectivity index is 1.92. The summed E-state index contributed by atoms with van der Waals surface area (Å²) < 4.78 is 42.6. The normalized spacial score (nSPS) is 28.4. The number of hydrogen-bond donors (Lipinski definition) is 6. The fourth-order valence-electron chi connectivity index (χ4n) is 3.29. The number of anilines is 1. The van der Waals surface area contributed by atoms with Crippen LogP contribution in [0.5, 0.6) is 0 Å². The molecule has 1 fully saturated rings. The predicted molar refractivity (Wildman–Crippen MR) is 107 cm³/mol. The highest BCUT2D eigenvalue weighted by atomic mass is 31.3. The third-order valence-electron chi connectivity index (χ3n) is 4.67. The fraction of sp³-hybridized carbons (Fsp3) is 0.467. The van der Waals surface area contributed by atoms with Crippen molar-refractivity contribution < 1.29 is 52.3 Å². The van der Waals surface area contributed by atoms with Crippen molar-refractivity contribution in [2.75, 3.05) is 19.5 Å². The van der Waals surface area contributed by atoms with Crippen molar-refractivity contribution in [2.45, 2.75) is 31.0 Å². The van der Waals surface area contributed by atoms with Crippen molar-refractivity contribution >= 4 is 38.6 Å². The van der Waals surface area contributed by atoms with E-state index in [0.29, 0.717) is 10.9 Å². The van der Waals surface area contributed by atoms with E-state index in [1.54, 1.807) is 6.08 Å². The molecule has 1 saturated heterocycles. The van der Waals surface area contributed by atoms with Gasteiger partial charge in [-0.05, 0) is 13.0 Å².